The minimum absolute atomic E-state index is 0.0470. The second kappa shape index (κ2) is 44.0. The molecule has 0 bridgehead atoms. The average molecular weight is 1430 g/mol. The first-order chi connectivity index (χ1) is 40.9. The maximum Gasteiger partial charge on any atom is 0.472 e. The van der Waals surface area contributed by atoms with Crippen LogP contribution in [0.5, 0.6) is 0 Å². The monoisotopic (exact) mass is 1430 g/mol. The quantitative estimate of drug-likeness (QED) is 0.0147. The van der Waals surface area contributed by atoms with Crippen LogP contribution in [0.1, 0.15) is 96.3 Å². The van der Waals surface area contributed by atoms with Crippen molar-refractivity contribution in [2.45, 2.75) is 192 Å². The minimum atomic E-state index is -4.37. The number of phosphoric acid groups is 3. The lowest BCUT2D eigenvalue weighted by molar-refractivity contribution is -0.265. The molecule has 18 atom stereocenters. The smallest absolute Gasteiger partial charge is 0.394 e. The Morgan fingerprint density at radius 1 is 0.349 bits per heavy atom. The van der Waals surface area contributed by atoms with E-state index in [2.05, 4.69) is 22.6 Å². The molecule has 0 aliphatic carbocycles. The van der Waals surface area contributed by atoms with E-state index in [9.17, 15) is 74.3 Å². The Kier molecular flexibility index (Phi) is 41.2. The maximum atomic E-state index is 12.5. The molecule has 10 unspecified atom stereocenters. The van der Waals surface area contributed by atoms with Crippen molar-refractivity contribution in [3.8, 4) is 0 Å². The number of aliphatic hydroxyl groups excluding tert-OH is 9. The highest BCUT2D eigenvalue weighted by molar-refractivity contribution is 14.1. The summed E-state index contributed by atoms with van der Waals surface area (Å²) in [5, 5.41) is 88.1. The molecule has 3 saturated heterocycles. The summed E-state index contributed by atoms with van der Waals surface area (Å²) in [5.74, 6) is 0. The molecule has 86 heavy (non-hydrogen) atoms. The third-order valence-corrected chi connectivity index (χ3v) is 17.6. The van der Waals surface area contributed by atoms with Gasteiger partial charge in [0.1, 0.15) is 54.9 Å². The molecule has 0 aromatic carbocycles. The van der Waals surface area contributed by atoms with Gasteiger partial charge < -0.3 is 120 Å². The molecule has 3 fully saturated rings. The van der Waals surface area contributed by atoms with Crippen molar-refractivity contribution < 1.29 is 144 Å². The van der Waals surface area contributed by atoms with Crippen LogP contribution in [0.15, 0.2) is 0 Å². The van der Waals surface area contributed by atoms with E-state index in [1.54, 1.807) is 0 Å². The number of hydrogen-bond acceptors (Lipinski definition) is 30. The van der Waals surface area contributed by atoms with E-state index in [1.807, 2.05) is 0 Å². The fraction of sp³-hybridized carbons (Fsp3) is 1.00. The molecule has 33 nitrogen and oxygen atoms in total. The third-order valence-electron chi connectivity index (χ3n) is 13.7. The molecule has 0 radical (unpaired) electrons. The first-order valence-electron chi connectivity index (χ1n) is 29.2. The normalized spacial score (nSPS) is 31.0. The summed E-state index contributed by atoms with van der Waals surface area (Å²) >= 11 is 2.11. The Bertz CT molecular complexity index is 1700. The topological polar surface area (TPSA) is 510 Å². The number of hydrogen-bond donors (Lipinski definition) is 15. The number of unbranched alkanes of at least 4 members (excludes halogenated alkanes) is 9. The Hall–Kier alpha value is 0.220. The van der Waals surface area contributed by atoms with Crippen molar-refractivity contribution in [2.75, 3.05) is 119 Å². The van der Waals surface area contributed by atoms with Gasteiger partial charge in [0, 0.05) is 39.6 Å². The zero-order valence-electron chi connectivity index (χ0n) is 48.7. The molecule has 0 spiro atoms. The number of nitrogens with two attached hydrogens (primary N) is 3. The van der Waals surface area contributed by atoms with Gasteiger partial charge in [0.2, 0.25) is 0 Å². The molecule has 18 N–H and O–H groups in total. The van der Waals surface area contributed by atoms with Crippen LogP contribution in [-0.4, -0.2) is 275 Å². The van der Waals surface area contributed by atoms with Gasteiger partial charge in [-0.3, -0.25) is 27.1 Å². The zero-order valence-corrected chi connectivity index (χ0v) is 53.5. The van der Waals surface area contributed by atoms with Crippen molar-refractivity contribution in [3.63, 3.8) is 0 Å². The van der Waals surface area contributed by atoms with Gasteiger partial charge in [-0.25, -0.2) is 13.7 Å². The summed E-state index contributed by atoms with van der Waals surface area (Å²) in [5.41, 5.74) is 17.6. The Morgan fingerprint density at radius 2 is 0.570 bits per heavy atom. The standard InChI is InChI=1S/C49H99IN3O30P3/c50-49(31-69-16-13-25-78-84(63,64)75-22-10-4-1-7-19-72-46-37(51)43(60)40(57)34(28-54)81-46,32-70-17-14-26-79-85(65,66)76-23-11-5-2-8-20-73-47-38(52)44(61)41(58)35(29-55)82-47)33-71-18-15-27-80-86(67,68)77-24-12-6-3-9-21-74-48-39(53)45(62)42(59)36(30-56)83-48/h34-48,54-62H,1-33,51-53H2,(H,63,64)(H,65,66)(H,67,68)/t34?,35?,36?,37-,38-,39?,40-,41-,42-,43?,44?,45?,46+,47+,48+,49?/m0/s1. The van der Waals surface area contributed by atoms with Gasteiger partial charge in [-0.1, -0.05) is 61.1 Å². The van der Waals surface area contributed by atoms with E-state index >= 15 is 0 Å². The minimum Gasteiger partial charge on any atom is -0.394 e. The Morgan fingerprint density at radius 3 is 0.802 bits per heavy atom. The largest absolute Gasteiger partial charge is 0.472 e. The lowest BCUT2D eigenvalue weighted by Crippen LogP contribution is -2.62. The van der Waals surface area contributed by atoms with E-state index in [4.69, 9.17) is 87.0 Å². The highest BCUT2D eigenvalue weighted by Gasteiger charge is 2.45. The van der Waals surface area contributed by atoms with Crippen LogP contribution in [-0.2, 0) is 83.5 Å². The van der Waals surface area contributed by atoms with Crippen molar-refractivity contribution >= 4 is 46.1 Å². The molecule has 512 valence electrons. The molecular weight excluding hydrogens is 1330 g/mol. The fourth-order valence-corrected chi connectivity index (χ4v) is 11.6. The molecule has 3 aliphatic heterocycles. The first-order valence-corrected chi connectivity index (χ1v) is 34.7. The van der Waals surface area contributed by atoms with Crippen LogP contribution >= 0.6 is 46.1 Å². The van der Waals surface area contributed by atoms with Crippen LogP contribution in [0.25, 0.3) is 0 Å². The summed E-state index contributed by atoms with van der Waals surface area (Å²) < 4.78 is 118. The summed E-state index contributed by atoms with van der Waals surface area (Å²) in [6.45, 7) is -0.938. The van der Waals surface area contributed by atoms with Crippen molar-refractivity contribution in [2.24, 2.45) is 17.2 Å². The van der Waals surface area contributed by atoms with Gasteiger partial charge >= 0.3 is 23.5 Å². The summed E-state index contributed by atoms with van der Waals surface area (Å²) in [4.78, 5) is 30.5. The van der Waals surface area contributed by atoms with Gasteiger partial charge in [-0.2, -0.15) is 0 Å². The van der Waals surface area contributed by atoms with Crippen LogP contribution in [0.4, 0.5) is 0 Å². The summed E-state index contributed by atoms with van der Waals surface area (Å²) in [6, 6.07) is -3.00. The molecule has 3 aliphatic rings. The first kappa shape index (κ1) is 80.5. The molecule has 3 heterocycles. The van der Waals surface area contributed by atoms with Gasteiger partial charge in [0.25, 0.3) is 0 Å². The predicted molar refractivity (Wildman–Crippen MR) is 309 cm³/mol. The van der Waals surface area contributed by atoms with Gasteiger partial charge in [0.15, 0.2) is 18.9 Å². The summed E-state index contributed by atoms with van der Waals surface area (Å²) in [7, 11) is -13.1. The third kappa shape index (κ3) is 31.9. The second-order valence-electron chi connectivity index (χ2n) is 21.0. The van der Waals surface area contributed by atoms with E-state index < -0.39 is 139 Å². The molecule has 0 aromatic rings. The second-order valence-corrected chi connectivity index (χ2v) is 27.6. The van der Waals surface area contributed by atoms with Gasteiger partial charge in [-0.05, 0) is 57.8 Å². The predicted octanol–water partition coefficient (Wildman–Crippen LogP) is -1.19. The van der Waals surface area contributed by atoms with E-state index in [0.29, 0.717) is 77.0 Å². The molecule has 3 rings (SSSR count). The van der Waals surface area contributed by atoms with Gasteiger partial charge in [-0.15, -0.1) is 0 Å². The van der Waals surface area contributed by atoms with Crippen molar-refractivity contribution in [3.05, 3.63) is 0 Å². The molecule has 37 heteroatoms. The van der Waals surface area contributed by atoms with Crippen LogP contribution < -0.4 is 17.2 Å². The SMILES string of the molecule is NC1C(O)[C@@H](O)C(CO)O[C@H]1OCCCCCCOP(=O)(O)OCCCOCC(I)(COCCCOP(=O)(O)OCCCCCCO[C@@H]1OC(CO)[C@H](O)C(O)[C@@H]1N)COCCCOP(=O)(O)OCCCCCCO[C@@H]1OC(CO)[C@H](O)C(O)[C@@H]1N. The Labute approximate surface area is 515 Å². The van der Waals surface area contributed by atoms with E-state index in [0.717, 1.165) is 0 Å². The van der Waals surface area contributed by atoms with Crippen molar-refractivity contribution in [1.82, 2.24) is 0 Å². The lowest BCUT2D eigenvalue weighted by Gasteiger charge is -2.40. The fourth-order valence-electron chi connectivity index (χ4n) is 8.60. The number of alkyl halides is 1. The average Bonchev–Trinajstić information content (AvgIpc) is 3.60. The van der Waals surface area contributed by atoms with Gasteiger partial charge in [0.05, 0.1) is 101 Å². The van der Waals surface area contributed by atoms with Crippen LogP contribution in [0, 0.1) is 0 Å². The Balaban J connectivity index is 1.31. The number of ether oxygens (including phenoxy) is 9. The number of phosphoric ester groups is 3. The molecular formula is C49H99IN3O30P3. The zero-order chi connectivity index (χ0) is 63.6. The summed E-state index contributed by atoms with van der Waals surface area (Å²) in [6.07, 6.45) is -6.49. The van der Waals surface area contributed by atoms with Crippen molar-refractivity contribution in [1.29, 1.82) is 0 Å². The van der Waals surface area contributed by atoms with E-state index in [-0.39, 0.29) is 118 Å². The maximum absolute atomic E-state index is 12.5. The molecule has 0 aromatic heterocycles. The lowest BCUT2D eigenvalue weighted by atomic mass is 9.98. The van der Waals surface area contributed by atoms with E-state index in [1.165, 1.54) is 0 Å². The number of rotatable bonds is 51. The van der Waals surface area contributed by atoms with Crippen LogP contribution in [0.3, 0.4) is 0 Å². The molecule has 0 saturated carbocycles. The molecule has 0 amide bonds. The number of aliphatic hydroxyl groups is 9. The highest BCUT2D eigenvalue weighted by Crippen LogP contribution is 2.45. The number of halogens is 1. The van der Waals surface area contributed by atoms with Crippen LogP contribution in [0.2, 0.25) is 0 Å². The highest BCUT2D eigenvalue weighted by atomic mass is 127.